The number of carboxylic acids is 2. The molecule has 0 saturated carbocycles. The van der Waals surface area contributed by atoms with Gasteiger partial charge in [-0.05, 0) is 46.9 Å². The van der Waals surface area contributed by atoms with E-state index in [1.807, 2.05) is 48.5 Å². The number of hydrogen-bond acceptors (Lipinski definition) is 4. The van der Waals surface area contributed by atoms with Gasteiger partial charge in [-0.25, -0.2) is 0 Å². The third kappa shape index (κ3) is 11.2. The Hall–Kier alpha value is -1.36. The Labute approximate surface area is 217 Å². The van der Waals surface area contributed by atoms with Crippen molar-refractivity contribution >= 4 is 49.7 Å². The van der Waals surface area contributed by atoms with Gasteiger partial charge in [0.1, 0.15) is 0 Å². The Morgan fingerprint density at radius 2 is 0.871 bits per heavy atom. The molecule has 0 N–H and O–H groups in total. The summed E-state index contributed by atoms with van der Waals surface area (Å²) in [4.78, 5) is 21.3. The maximum absolute atomic E-state index is 10.7. The summed E-state index contributed by atoms with van der Waals surface area (Å²) in [5, 5.41) is 21.3. The molecule has 0 aromatic heterocycles. The molecule has 0 radical (unpaired) electrons. The van der Waals surface area contributed by atoms with Crippen molar-refractivity contribution in [2.45, 2.75) is 66.2 Å². The standard InChI is InChI=1S/2C13H18O2.Ca/c2*1-9(2)8-11-4-6-12(7-5-11)10(3)13(14)15;/h2*4-7,9-10H,8H2,1-3H3,(H,14,15);/q;;+2/p-2/t2*10-;/m00./s1. The average Bonchev–Trinajstić information content (AvgIpc) is 2.67. The largest absolute Gasteiger partial charge is 2.00 e. The molecule has 164 valence electrons. The zero-order valence-electron chi connectivity index (χ0n) is 19.7. The van der Waals surface area contributed by atoms with Gasteiger partial charge in [0.2, 0.25) is 0 Å². The van der Waals surface area contributed by atoms with E-state index in [9.17, 15) is 19.8 Å². The quantitative estimate of drug-likeness (QED) is 0.579. The van der Waals surface area contributed by atoms with E-state index in [1.165, 1.54) is 11.1 Å². The molecule has 0 heterocycles. The molecule has 2 rings (SSSR count). The fraction of sp³-hybridized carbons (Fsp3) is 0.462. The molecule has 2 aromatic carbocycles. The van der Waals surface area contributed by atoms with E-state index in [0.29, 0.717) is 11.8 Å². The van der Waals surface area contributed by atoms with Gasteiger partial charge >= 0.3 is 37.7 Å². The van der Waals surface area contributed by atoms with E-state index in [0.717, 1.165) is 24.0 Å². The second-order valence-corrected chi connectivity index (χ2v) is 8.76. The number of hydrogen-bond donors (Lipinski definition) is 0. The Morgan fingerprint density at radius 1 is 0.613 bits per heavy atom. The van der Waals surface area contributed by atoms with Crippen LogP contribution < -0.4 is 10.2 Å². The van der Waals surface area contributed by atoms with E-state index in [-0.39, 0.29) is 37.7 Å². The predicted octanol–water partition coefficient (Wildman–Crippen LogP) is 3.10. The molecule has 0 fully saturated rings. The van der Waals surface area contributed by atoms with E-state index in [2.05, 4.69) is 27.7 Å². The monoisotopic (exact) mass is 450 g/mol. The fourth-order valence-corrected chi connectivity index (χ4v) is 3.10. The molecule has 2 aromatic rings. The Kier molecular flexibility index (Phi) is 14.0. The van der Waals surface area contributed by atoms with Crippen molar-refractivity contribution in [1.82, 2.24) is 0 Å². The molecule has 0 saturated heterocycles. The summed E-state index contributed by atoms with van der Waals surface area (Å²) in [6.07, 6.45) is 2.06. The molecule has 0 amide bonds. The number of benzene rings is 2. The topological polar surface area (TPSA) is 80.3 Å². The van der Waals surface area contributed by atoms with E-state index < -0.39 is 23.8 Å². The molecule has 0 unspecified atom stereocenters. The zero-order chi connectivity index (χ0) is 22.8. The van der Waals surface area contributed by atoms with Crippen LogP contribution in [0.2, 0.25) is 0 Å². The third-order valence-corrected chi connectivity index (χ3v) is 4.95. The van der Waals surface area contributed by atoms with Crippen LogP contribution in [0.15, 0.2) is 48.5 Å². The molecule has 31 heavy (non-hydrogen) atoms. The smallest absolute Gasteiger partial charge is 0.550 e. The summed E-state index contributed by atoms with van der Waals surface area (Å²) in [6, 6.07) is 15.5. The SMILES string of the molecule is CC(C)Cc1ccc([C@H](C)C(=O)[O-])cc1.CC(C)Cc1ccc([C@H](C)C(=O)[O-])cc1.[Ca+2]. The Morgan fingerprint density at radius 3 is 1.06 bits per heavy atom. The molecular formula is C26H34CaO4. The van der Waals surface area contributed by atoms with E-state index >= 15 is 0 Å². The van der Waals surface area contributed by atoms with Crippen LogP contribution in [0.4, 0.5) is 0 Å². The van der Waals surface area contributed by atoms with Crippen LogP contribution in [-0.2, 0) is 22.4 Å². The first-order valence-corrected chi connectivity index (χ1v) is 10.6. The molecular weight excluding hydrogens is 416 g/mol. The minimum absolute atomic E-state index is 0. The van der Waals surface area contributed by atoms with Gasteiger partial charge in [0, 0.05) is 23.8 Å². The van der Waals surface area contributed by atoms with Gasteiger partial charge in [-0.3, -0.25) is 0 Å². The van der Waals surface area contributed by atoms with Crippen LogP contribution >= 0.6 is 0 Å². The molecule has 2 atom stereocenters. The molecule has 0 aliphatic carbocycles. The molecule has 4 nitrogen and oxygen atoms in total. The second kappa shape index (κ2) is 14.7. The number of carbonyl (C=O) groups is 2. The first-order chi connectivity index (χ1) is 14.0. The molecule has 0 spiro atoms. The number of aliphatic carboxylic acids is 2. The van der Waals surface area contributed by atoms with Gasteiger partial charge in [-0.15, -0.1) is 0 Å². The van der Waals surface area contributed by atoms with Crippen LogP contribution in [0.3, 0.4) is 0 Å². The summed E-state index contributed by atoms with van der Waals surface area (Å²) in [7, 11) is 0. The summed E-state index contributed by atoms with van der Waals surface area (Å²) in [5.41, 5.74) is 4.11. The summed E-state index contributed by atoms with van der Waals surface area (Å²) < 4.78 is 0. The van der Waals surface area contributed by atoms with Gasteiger partial charge < -0.3 is 19.8 Å². The van der Waals surface area contributed by atoms with Gasteiger partial charge in [0.05, 0.1) is 0 Å². The zero-order valence-corrected chi connectivity index (χ0v) is 21.9. The van der Waals surface area contributed by atoms with E-state index in [1.54, 1.807) is 13.8 Å². The van der Waals surface area contributed by atoms with Gasteiger partial charge in [0.25, 0.3) is 0 Å². The first-order valence-electron chi connectivity index (χ1n) is 10.6. The normalized spacial score (nSPS) is 12.4. The number of carbonyl (C=O) groups excluding carboxylic acids is 2. The minimum Gasteiger partial charge on any atom is -0.550 e. The van der Waals surface area contributed by atoms with Crippen molar-refractivity contribution in [2.24, 2.45) is 11.8 Å². The van der Waals surface area contributed by atoms with Gasteiger partial charge in [0.15, 0.2) is 0 Å². The Bertz CT molecular complexity index is 726. The van der Waals surface area contributed by atoms with Crippen LogP contribution in [-0.4, -0.2) is 49.7 Å². The van der Waals surface area contributed by atoms with Crippen LogP contribution in [0.5, 0.6) is 0 Å². The second-order valence-electron chi connectivity index (χ2n) is 8.76. The third-order valence-electron chi connectivity index (χ3n) is 4.95. The van der Waals surface area contributed by atoms with Crippen molar-refractivity contribution in [2.75, 3.05) is 0 Å². The fourth-order valence-electron chi connectivity index (χ4n) is 3.10. The average molecular weight is 451 g/mol. The van der Waals surface area contributed by atoms with Gasteiger partial charge in [-0.1, -0.05) is 90.1 Å². The summed E-state index contributed by atoms with van der Waals surface area (Å²) >= 11 is 0. The molecule has 0 bridgehead atoms. The maximum Gasteiger partial charge on any atom is 2.00 e. The van der Waals surface area contributed by atoms with Crippen LogP contribution in [0.1, 0.15) is 75.6 Å². The summed E-state index contributed by atoms with van der Waals surface area (Å²) in [6.45, 7) is 11.9. The molecule has 0 aliphatic heterocycles. The van der Waals surface area contributed by atoms with Crippen LogP contribution in [0.25, 0.3) is 0 Å². The Balaban J connectivity index is 0.000000562. The van der Waals surface area contributed by atoms with Crippen LogP contribution in [0, 0.1) is 11.8 Å². The van der Waals surface area contributed by atoms with E-state index in [4.69, 9.17) is 0 Å². The maximum atomic E-state index is 10.7. The van der Waals surface area contributed by atoms with Crippen molar-refractivity contribution in [3.63, 3.8) is 0 Å². The predicted molar refractivity (Wildman–Crippen MR) is 123 cm³/mol. The van der Waals surface area contributed by atoms with Crippen molar-refractivity contribution in [3.05, 3.63) is 70.8 Å². The molecule has 5 heteroatoms. The van der Waals surface area contributed by atoms with Crippen molar-refractivity contribution in [3.8, 4) is 0 Å². The molecule has 0 aliphatic rings. The number of rotatable bonds is 8. The van der Waals surface area contributed by atoms with Crippen molar-refractivity contribution in [1.29, 1.82) is 0 Å². The van der Waals surface area contributed by atoms with Crippen molar-refractivity contribution < 1.29 is 19.8 Å². The number of carboxylic acid groups (broad SMARTS) is 2. The minimum atomic E-state index is -1.02. The summed E-state index contributed by atoms with van der Waals surface area (Å²) in [5.74, 6) is -1.86. The van der Waals surface area contributed by atoms with Gasteiger partial charge in [-0.2, -0.15) is 0 Å². The first kappa shape index (κ1) is 29.6.